The van der Waals surface area contributed by atoms with E-state index in [-0.39, 0.29) is 11.1 Å². The molecular weight excluding hydrogens is 175 g/mol. The van der Waals surface area contributed by atoms with Crippen LogP contribution >= 0.6 is 12.6 Å². The van der Waals surface area contributed by atoms with Crippen molar-refractivity contribution in [3.8, 4) is 0 Å². The minimum absolute atomic E-state index is 0.115. The second-order valence-corrected chi connectivity index (χ2v) is 3.52. The average molecular weight is 188 g/mol. The highest BCUT2D eigenvalue weighted by Gasteiger charge is 2.17. The molecular formula is C9H13FOS. The Morgan fingerprint density at radius 2 is 2.42 bits per heavy atom. The van der Waals surface area contributed by atoms with Crippen molar-refractivity contribution in [2.45, 2.75) is 25.5 Å². The molecule has 0 radical (unpaired) electrons. The van der Waals surface area contributed by atoms with Gasteiger partial charge in [-0.3, -0.25) is 0 Å². The predicted octanol–water partition coefficient (Wildman–Crippen LogP) is 2.85. The minimum atomic E-state index is -0.200. The fraction of sp³-hybridized carbons (Fsp3) is 0.556. The monoisotopic (exact) mass is 188 g/mol. The summed E-state index contributed by atoms with van der Waals surface area (Å²) >= 11 is 4.34. The first-order chi connectivity index (χ1) is 5.61. The van der Waals surface area contributed by atoms with Gasteiger partial charge in [-0.05, 0) is 26.3 Å². The zero-order valence-corrected chi connectivity index (χ0v) is 8.20. The molecule has 0 saturated heterocycles. The van der Waals surface area contributed by atoms with E-state index in [9.17, 15) is 4.39 Å². The minimum Gasteiger partial charge on any atom is -0.498 e. The first-order valence-corrected chi connectivity index (χ1v) is 4.48. The molecule has 1 unspecified atom stereocenters. The van der Waals surface area contributed by atoms with E-state index in [0.717, 1.165) is 17.8 Å². The van der Waals surface area contributed by atoms with E-state index in [2.05, 4.69) is 12.6 Å². The van der Waals surface area contributed by atoms with Crippen LogP contribution in [0.1, 0.15) is 20.3 Å². The van der Waals surface area contributed by atoms with Gasteiger partial charge in [-0.1, -0.05) is 0 Å². The van der Waals surface area contributed by atoms with Gasteiger partial charge < -0.3 is 4.74 Å². The van der Waals surface area contributed by atoms with Crippen LogP contribution in [0.2, 0.25) is 0 Å². The van der Waals surface area contributed by atoms with E-state index >= 15 is 0 Å². The van der Waals surface area contributed by atoms with E-state index in [1.807, 2.05) is 6.92 Å². The molecule has 0 amide bonds. The third-order valence-electron chi connectivity index (χ3n) is 1.83. The molecule has 0 aromatic carbocycles. The third kappa shape index (κ3) is 2.27. The van der Waals surface area contributed by atoms with Crippen LogP contribution < -0.4 is 0 Å². The SMILES string of the molecule is CC1=C(/C=C(\C)F)C(S)CCO1. The van der Waals surface area contributed by atoms with Crippen LogP contribution in [0.25, 0.3) is 0 Å². The smallest absolute Gasteiger partial charge is 0.0973 e. The van der Waals surface area contributed by atoms with Crippen molar-refractivity contribution in [1.29, 1.82) is 0 Å². The van der Waals surface area contributed by atoms with Gasteiger partial charge in [-0.25, -0.2) is 4.39 Å². The first kappa shape index (κ1) is 9.65. The Morgan fingerprint density at radius 3 is 2.92 bits per heavy atom. The van der Waals surface area contributed by atoms with Crippen molar-refractivity contribution < 1.29 is 9.13 Å². The van der Waals surface area contributed by atoms with Crippen molar-refractivity contribution in [3.05, 3.63) is 23.2 Å². The standard InChI is InChI=1S/C9H13FOS/c1-6(10)5-8-7(2)11-4-3-9(8)12/h5,9,12H,3-4H2,1-2H3/b6-5+. The number of halogens is 1. The largest absolute Gasteiger partial charge is 0.498 e. The Kier molecular flexibility index (Phi) is 3.20. The number of thiol groups is 1. The zero-order valence-electron chi connectivity index (χ0n) is 7.30. The summed E-state index contributed by atoms with van der Waals surface area (Å²) < 4.78 is 17.9. The van der Waals surface area contributed by atoms with Crippen molar-refractivity contribution in [2.75, 3.05) is 6.61 Å². The van der Waals surface area contributed by atoms with Crippen molar-refractivity contribution in [3.63, 3.8) is 0 Å². The summed E-state index contributed by atoms with van der Waals surface area (Å²) in [6.45, 7) is 3.95. The highest BCUT2D eigenvalue weighted by atomic mass is 32.1. The molecule has 0 aromatic heterocycles. The molecule has 12 heavy (non-hydrogen) atoms. The lowest BCUT2D eigenvalue weighted by molar-refractivity contribution is 0.193. The number of allylic oxidation sites excluding steroid dienone is 3. The molecule has 0 spiro atoms. The molecule has 1 atom stereocenters. The van der Waals surface area contributed by atoms with Crippen LogP contribution in [0, 0.1) is 0 Å². The Balaban J connectivity index is 2.88. The number of hydrogen-bond donors (Lipinski definition) is 1. The Morgan fingerprint density at radius 1 is 1.75 bits per heavy atom. The second kappa shape index (κ2) is 3.99. The van der Waals surface area contributed by atoms with Crippen LogP contribution in [-0.2, 0) is 4.74 Å². The summed E-state index contributed by atoms with van der Waals surface area (Å²) in [6, 6.07) is 0. The fourth-order valence-corrected chi connectivity index (χ4v) is 1.57. The second-order valence-electron chi connectivity index (χ2n) is 2.90. The third-order valence-corrected chi connectivity index (χ3v) is 2.37. The van der Waals surface area contributed by atoms with Crippen molar-refractivity contribution in [2.24, 2.45) is 0 Å². The van der Waals surface area contributed by atoms with Gasteiger partial charge in [0, 0.05) is 10.8 Å². The number of hydrogen-bond acceptors (Lipinski definition) is 2. The molecule has 0 saturated carbocycles. The van der Waals surface area contributed by atoms with E-state index in [4.69, 9.17) is 4.74 Å². The Bertz CT molecular complexity index is 229. The predicted molar refractivity (Wildman–Crippen MR) is 50.9 cm³/mol. The summed E-state index contributed by atoms with van der Waals surface area (Å²) in [5.74, 6) is 0.590. The summed E-state index contributed by atoms with van der Waals surface area (Å²) in [5.41, 5.74) is 0.865. The summed E-state index contributed by atoms with van der Waals surface area (Å²) in [4.78, 5) is 0. The van der Waals surface area contributed by atoms with E-state index in [1.54, 1.807) is 0 Å². The van der Waals surface area contributed by atoms with E-state index in [0.29, 0.717) is 6.61 Å². The molecule has 0 aliphatic carbocycles. The average Bonchev–Trinajstić information content (AvgIpc) is 1.97. The van der Waals surface area contributed by atoms with Crippen molar-refractivity contribution in [1.82, 2.24) is 0 Å². The van der Waals surface area contributed by atoms with Gasteiger partial charge >= 0.3 is 0 Å². The lowest BCUT2D eigenvalue weighted by Crippen LogP contribution is -2.15. The topological polar surface area (TPSA) is 9.23 Å². The first-order valence-electron chi connectivity index (χ1n) is 3.96. The van der Waals surface area contributed by atoms with Crippen LogP contribution in [0.15, 0.2) is 23.2 Å². The fourth-order valence-electron chi connectivity index (χ4n) is 1.21. The van der Waals surface area contributed by atoms with Crippen molar-refractivity contribution >= 4 is 12.6 Å². The van der Waals surface area contributed by atoms with Gasteiger partial charge in [0.2, 0.25) is 0 Å². The van der Waals surface area contributed by atoms with Gasteiger partial charge in [0.1, 0.15) is 0 Å². The van der Waals surface area contributed by atoms with Crippen LogP contribution in [0.3, 0.4) is 0 Å². The molecule has 1 nitrogen and oxygen atoms in total. The van der Waals surface area contributed by atoms with E-state index in [1.165, 1.54) is 13.0 Å². The lowest BCUT2D eigenvalue weighted by atomic mass is 10.1. The maximum absolute atomic E-state index is 12.6. The molecule has 1 rings (SSSR count). The summed E-state index contributed by atoms with van der Waals surface area (Å²) in [6.07, 6.45) is 2.34. The van der Waals surface area contributed by atoms with Crippen LogP contribution in [0.4, 0.5) is 4.39 Å². The number of ether oxygens (including phenoxy) is 1. The maximum atomic E-state index is 12.6. The van der Waals surface area contributed by atoms with Gasteiger partial charge in [0.25, 0.3) is 0 Å². The van der Waals surface area contributed by atoms with Gasteiger partial charge in [-0.15, -0.1) is 0 Å². The highest BCUT2D eigenvalue weighted by molar-refractivity contribution is 7.81. The van der Waals surface area contributed by atoms with Crippen LogP contribution in [-0.4, -0.2) is 11.9 Å². The molecule has 3 heteroatoms. The normalized spacial score (nSPS) is 25.7. The molecule has 1 aliphatic rings. The number of rotatable bonds is 1. The molecule has 1 aliphatic heterocycles. The molecule has 1 heterocycles. The van der Waals surface area contributed by atoms with Gasteiger partial charge in [0.15, 0.2) is 0 Å². The molecule has 0 bridgehead atoms. The Hall–Kier alpha value is -0.440. The van der Waals surface area contributed by atoms with E-state index < -0.39 is 0 Å². The lowest BCUT2D eigenvalue weighted by Gasteiger charge is -2.22. The van der Waals surface area contributed by atoms with Gasteiger partial charge in [-0.2, -0.15) is 12.6 Å². The Labute approximate surface area is 77.7 Å². The quantitative estimate of drug-likeness (QED) is 0.622. The van der Waals surface area contributed by atoms with Gasteiger partial charge in [0.05, 0.1) is 18.2 Å². The molecule has 68 valence electrons. The molecule has 0 N–H and O–H groups in total. The van der Waals surface area contributed by atoms with Crippen LogP contribution in [0.5, 0.6) is 0 Å². The zero-order chi connectivity index (χ0) is 9.14. The summed E-state index contributed by atoms with van der Waals surface area (Å²) in [7, 11) is 0. The molecule has 0 fully saturated rings. The highest BCUT2D eigenvalue weighted by Crippen LogP contribution is 2.25. The molecule has 0 aromatic rings. The summed E-state index contributed by atoms with van der Waals surface area (Å²) in [5, 5.41) is 0.115. The maximum Gasteiger partial charge on any atom is 0.0973 e.